The SMILES string of the molecule is CNC(CN1CCCCCCC1=O)c1ccc(C)cc1. The average molecular weight is 274 g/mol. The largest absolute Gasteiger partial charge is 0.341 e. The first-order valence-electron chi connectivity index (χ1n) is 7.72. The highest BCUT2D eigenvalue weighted by Gasteiger charge is 2.20. The van der Waals surface area contributed by atoms with E-state index in [-0.39, 0.29) is 6.04 Å². The molecule has 1 heterocycles. The van der Waals surface area contributed by atoms with Gasteiger partial charge < -0.3 is 10.2 Å². The van der Waals surface area contributed by atoms with Crippen molar-refractivity contribution in [3.63, 3.8) is 0 Å². The van der Waals surface area contributed by atoms with Crippen molar-refractivity contribution in [3.05, 3.63) is 35.4 Å². The first-order chi connectivity index (χ1) is 9.70. The van der Waals surface area contributed by atoms with Gasteiger partial charge in [-0.25, -0.2) is 0 Å². The minimum absolute atomic E-state index is 0.221. The molecule has 0 saturated carbocycles. The molecule has 1 amide bonds. The Hall–Kier alpha value is -1.35. The second-order valence-corrected chi connectivity index (χ2v) is 5.76. The highest BCUT2D eigenvalue weighted by molar-refractivity contribution is 5.76. The summed E-state index contributed by atoms with van der Waals surface area (Å²) < 4.78 is 0. The molecule has 1 aromatic rings. The monoisotopic (exact) mass is 274 g/mol. The van der Waals surface area contributed by atoms with E-state index >= 15 is 0 Å². The predicted molar refractivity (Wildman–Crippen MR) is 82.6 cm³/mol. The lowest BCUT2D eigenvalue weighted by molar-refractivity contribution is -0.132. The zero-order valence-electron chi connectivity index (χ0n) is 12.7. The fourth-order valence-corrected chi connectivity index (χ4v) is 2.79. The highest BCUT2D eigenvalue weighted by Crippen LogP contribution is 2.18. The van der Waals surface area contributed by atoms with Gasteiger partial charge in [-0.15, -0.1) is 0 Å². The van der Waals surface area contributed by atoms with Crippen LogP contribution in [0.5, 0.6) is 0 Å². The van der Waals surface area contributed by atoms with Crippen LogP contribution in [0.15, 0.2) is 24.3 Å². The van der Waals surface area contributed by atoms with Crippen molar-refractivity contribution in [2.75, 3.05) is 20.1 Å². The van der Waals surface area contributed by atoms with Gasteiger partial charge in [0.05, 0.1) is 0 Å². The summed E-state index contributed by atoms with van der Waals surface area (Å²) in [5.74, 6) is 0.317. The molecular formula is C17H26N2O. The van der Waals surface area contributed by atoms with Crippen molar-refractivity contribution < 1.29 is 4.79 Å². The molecule has 1 fully saturated rings. The minimum atomic E-state index is 0.221. The van der Waals surface area contributed by atoms with Crippen LogP contribution < -0.4 is 5.32 Å². The minimum Gasteiger partial charge on any atom is -0.341 e. The smallest absolute Gasteiger partial charge is 0.222 e. The first-order valence-corrected chi connectivity index (χ1v) is 7.72. The Morgan fingerprint density at radius 3 is 2.55 bits per heavy atom. The van der Waals surface area contributed by atoms with E-state index in [1.165, 1.54) is 24.0 Å². The predicted octanol–water partition coefficient (Wildman–Crippen LogP) is 3.05. The average Bonchev–Trinajstić information content (AvgIpc) is 2.44. The summed E-state index contributed by atoms with van der Waals surface area (Å²) in [7, 11) is 1.97. The van der Waals surface area contributed by atoms with Crippen molar-refractivity contribution >= 4 is 5.91 Å². The Labute approximate surface area is 122 Å². The molecule has 3 nitrogen and oxygen atoms in total. The summed E-state index contributed by atoms with van der Waals surface area (Å²) in [5.41, 5.74) is 2.53. The van der Waals surface area contributed by atoms with Gasteiger partial charge in [0.2, 0.25) is 5.91 Å². The summed E-state index contributed by atoms with van der Waals surface area (Å²) in [6.45, 7) is 3.78. The number of hydrogen-bond acceptors (Lipinski definition) is 2. The van der Waals surface area contributed by atoms with Crippen LogP contribution >= 0.6 is 0 Å². The third kappa shape index (κ3) is 4.07. The lowest BCUT2D eigenvalue weighted by atomic mass is 10.0. The second-order valence-electron chi connectivity index (χ2n) is 5.76. The fourth-order valence-electron chi connectivity index (χ4n) is 2.79. The molecule has 0 radical (unpaired) electrons. The van der Waals surface area contributed by atoms with Crippen LogP contribution in [0.2, 0.25) is 0 Å². The van der Waals surface area contributed by atoms with E-state index in [2.05, 4.69) is 36.5 Å². The summed E-state index contributed by atoms with van der Waals surface area (Å²) >= 11 is 0. The molecule has 110 valence electrons. The van der Waals surface area contributed by atoms with E-state index in [4.69, 9.17) is 0 Å². The summed E-state index contributed by atoms with van der Waals surface area (Å²) in [4.78, 5) is 14.2. The van der Waals surface area contributed by atoms with Crippen LogP contribution in [0.3, 0.4) is 0 Å². The van der Waals surface area contributed by atoms with E-state index in [0.29, 0.717) is 12.3 Å². The van der Waals surface area contributed by atoms with Crippen molar-refractivity contribution in [1.82, 2.24) is 10.2 Å². The van der Waals surface area contributed by atoms with Gasteiger partial charge in [0.15, 0.2) is 0 Å². The third-order valence-electron chi connectivity index (χ3n) is 4.15. The number of likely N-dealkylation sites (N-methyl/N-ethyl adjacent to an activating group) is 1. The Bertz CT molecular complexity index is 427. The number of carbonyl (C=O) groups excluding carboxylic acids is 1. The van der Waals surface area contributed by atoms with Crippen molar-refractivity contribution in [2.24, 2.45) is 0 Å². The van der Waals surface area contributed by atoms with Crippen molar-refractivity contribution in [1.29, 1.82) is 0 Å². The Kier molecular flexibility index (Phi) is 5.60. The number of nitrogens with zero attached hydrogens (tertiary/aromatic N) is 1. The number of hydrogen-bond donors (Lipinski definition) is 1. The molecule has 0 aliphatic carbocycles. The highest BCUT2D eigenvalue weighted by atomic mass is 16.2. The van der Waals surface area contributed by atoms with E-state index in [0.717, 1.165) is 25.9 Å². The van der Waals surface area contributed by atoms with Gasteiger partial charge in [-0.1, -0.05) is 42.7 Å². The van der Waals surface area contributed by atoms with Crippen LogP contribution in [0, 0.1) is 6.92 Å². The normalized spacial score (nSPS) is 18.5. The molecule has 2 rings (SSSR count). The lowest BCUT2D eigenvalue weighted by Crippen LogP contribution is -2.39. The topological polar surface area (TPSA) is 32.3 Å². The maximum Gasteiger partial charge on any atom is 0.222 e. The van der Waals surface area contributed by atoms with Crippen LogP contribution in [-0.2, 0) is 4.79 Å². The van der Waals surface area contributed by atoms with Crippen LogP contribution in [0.25, 0.3) is 0 Å². The molecule has 1 aliphatic heterocycles. The zero-order valence-corrected chi connectivity index (χ0v) is 12.7. The van der Waals surface area contributed by atoms with Crippen molar-refractivity contribution in [2.45, 2.75) is 45.1 Å². The van der Waals surface area contributed by atoms with Gasteiger partial charge in [-0.2, -0.15) is 0 Å². The third-order valence-corrected chi connectivity index (χ3v) is 4.15. The van der Waals surface area contributed by atoms with E-state index in [1.807, 2.05) is 11.9 Å². The maximum atomic E-state index is 12.2. The molecule has 1 unspecified atom stereocenters. The molecule has 0 bridgehead atoms. The first kappa shape index (κ1) is 15.0. The number of benzene rings is 1. The van der Waals surface area contributed by atoms with Gasteiger partial charge in [0, 0.05) is 25.6 Å². The Morgan fingerprint density at radius 1 is 1.15 bits per heavy atom. The standard InChI is InChI=1S/C17H26N2O/c1-14-8-10-15(11-9-14)16(18-2)13-19-12-6-4-3-5-7-17(19)20/h8-11,16,18H,3-7,12-13H2,1-2H3. The summed E-state index contributed by atoms with van der Waals surface area (Å²) in [5, 5.41) is 3.35. The number of rotatable bonds is 4. The molecule has 1 saturated heterocycles. The Morgan fingerprint density at radius 2 is 1.85 bits per heavy atom. The van der Waals surface area contributed by atoms with Gasteiger partial charge in [-0.3, -0.25) is 4.79 Å². The van der Waals surface area contributed by atoms with Gasteiger partial charge >= 0.3 is 0 Å². The van der Waals surface area contributed by atoms with Crippen LogP contribution in [-0.4, -0.2) is 30.9 Å². The molecule has 1 atom stereocenters. The molecule has 1 N–H and O–H groups in total. The number of carbonyl (C=O) groups is 1. The van der Waals surface area contributed by atoms with E-state index in [9.17, 15) is 4.79 Å². The Balaban J connectivity index is 2.03. The number of likely N-dealkylation sites (tertiary alicyclic amines) is 1. The van der Waals surface area contributed by atoms with Crippen molar-refractivity contribution in [3.8, 4) is 0 Å². The molecule has 1 aromatic carbocycles. The van der Waals surface area contributed by atoms with Crippen LogP contribution in [0.1, 0.15) is 49.3 Å². The molecule has 20 heavy (non-hydrogen) atoms. The molecular weight excluding hydrogens is 248 g/mol. The quantitative estimate of drug-likeness (QED) is 0.915. The molecule has 3 heteroatoms. The van der Waals surface area contributed by atoms with E-state index < -0.39 is 0 Å². The summed E-state index contributed by atoms with van der Waals surface area (Å²) in [6.07, 6.45) is 5.34. The van der Waals surface area contributed by atoms with Gasteiger partial charge in [-0.05, 0) is 32.4 Å². The second kappa shape index (κ2) is 7.44. The summed E-state index contributed by atoms with van der Waals surface area (Å²) in [6, 6.07) is 8.80. The number of amides is 1. The van der Waals surface area contributed by atoms with Gasteiger partial charge in [0.25, 0.3) is 0 Å². The fraction of sp³-hybridized carbons (Fsp3) is 0.588. The maximum absolute atomic E-state index is 12.2. The van der Waals surface area contributed by atoms with Crippen LogP contribution in [0.4, 0.5) is 0 Å². The zero-order chi connectivity index (χ0) is 14.4. The lowest BCUT2D eigenvalue weighted by Gasteiger charge is -2.29. The number of nitrogens with one attached hydrogen (secondary N) is 1. The number of aryl methyl sites for hydroxylation is 1. The molecule has 0 spiro atoms. The molecule has 0 aromatic heterocycles. The van der Waals surface area contributed by atoms with E-state index in [1.54, 1.807) is 0 Å². The van der Waals surface area contributed by atoms with Gasteiger partial charge in [0.1, 0.15) is 0 Å². The molecule has 1 aliphatic rings.